The lowest BCUT2D eigenvalue weighted by molar-refractivity contribution is 0.0767. The van der Waals surface area contributed by atoms with E-state index in [4.69, 9.17) is 4.74 Å². The molecule has 0 saturated carbocycles. The van der Waals surface area contributed by atoms with Crippen LogP contribution in [0.1, 0.15) is 42.5 Å². The third kappa shape index (κ3) is 6.22. The first kappa shape index (κ1) is 22.6. The quantitative estimate of drug-likeness (QED) is 0.598. The van der Waals surface area contributed by atoms with Gasteiger partial charge in [-0.15, -0.1) is 0 Å². The summed E-state index contributed by atoms with van der Waals surface area (Å²) in [5.41, 5.74) is 1.70. The van der Waals surface area contributed by atoms with Gasteiger partial charge in [-0.1, -0.05) is 6.42 Å². The number of nitrogens with zero attached hydrogens (tertiary/aromatic N) is 3. The van der Waals surface area contributed by atoms with Gasteiger partial charge < -0.3 is 19.4 Å². The van der Waals surface area contributed by atoms with Crippen molar-refractivity contribution in [3.05, 3.63) is 59.9 Å². The van der Waals surface area contributed by atoms with Crippen LogP contribution in [-0.2, 0) is 0 Å². The van der Waals surface area contributed by atoms with Gasteiger partial charge in [-0.05, 0) is 87.3 Å². The van der Waals surface area contributed by atoms with Crippen molar-refractivity contribution < 1.29 is 13.9 Å². The lowest BCUT2D eigenvalue weighted by Crippen LogP contribution is -2.35. The highest BCUT2D eigenvalue weighted by atomic mass is 19.1. The van der Waals surface area contributed by atoms with E-state index in [0.717, 1.165) is 50.5 Å². The molecule has 0 unspecified atom stereocenters. The molecule has 2 heterocycles. The summed E-state index contributed by atoms with van der Waals surface area (Å²) in [7, 11) is 0. The average molecular weight is 440 g/mol. The Bertz CT molecular complexity index is 850. The Labute approximate surface area is 190 Å². The monoisotopic (exact) mass is 439 g/mol. The van der Waals surface area contributed by atoms with E-state index in [-0.39, 0.29) is 11.7 Å². The third-order valence-electron chi connectivity index (χ3n) is 6.41. The SMILES string of the molecule is O=C(c1ccc(F)cc1)N1CCCN(c2ccc(OCCCN3CCCCC3)cc2)CC1. The van der Waals surface area contributed by atoms with Crippen LogP contribution in [0.15, 0.2) is 48.5 Å². The summed E-state index contributed by atoms with van der Waals surface area (Å²) in [5, 5.41) is 0. The molecule has 0 N–H and O–H groups in total. The van der Waals surface area contributed by atoms with Crippen molar-refractivity contribution in [2.24, 2.45) is 0 Å². The number of anilines is 1. The Morgan fingerprint density at radius 3 is 2.31 bits per heavy atom. The van der Waals surface area contributed by atoms with Gasteiger partial charge in [0.05, 0.1) is 6.61 Å². The molecule has 0 spiro atoms. The summed E-state index contributed by atoms with van der Waals surface area (Å²) in [6.07, 6.45) is 6.00. The molecule has 172 valence electrons. The summed E-state index contributed by atoms with van der Waals surface area (Å²) < 4.78 is 19.1. The highest BCUT2D eigenvalue weighted by Gasteiger charge is 2.20. The van der Waals surface area contributed by atoms with Gasteiger partial charge in [0.2, 0.25) is 0 Å². The number of carbonyl (C=O) groups excluding carboxylic acids is 1. The second-order valence-corrected chi connectivity index (χ2v) is 8.74. The molecule has 2 aliphatic heterocycles. The van der Waals surface area contributed by atoms with Gasteiger partial charge in [-0.25, -0.2) is 4.39 Å². The van der Waals surface area contributed by atoms with Gasteiger partial charge in [0.25, 0.3) is 5.91 Å². The Morgan fingerprint density at radius 1 is 0.812 bits per heavy atom. The molecular weight excluding hydrogens is 405 g/mol. The van der Waals surface area contributed by atoms with E-state index < -0.39 is 0 Å². The number of amides is 1. The average Bonchev–Trinajstić information content (AvgIpc) is 3.09. The summed E-state index contributed by atoms with van der Waals surface area (Å²) in [5.74, 6) is 0.563. The smallest absolute Gasteiger partial charge is 0.253 e. The molecule has 2 aromatic carbocycles. The van der Waals surface area contributed by atoms with Crippen molar-refractivity contribution in [3.63, 3.8) is 0 Å². The van der Waals surface area contributed by atoms with Gasteiger partial charge in [-0.3, -0.25) is 4.79 Å². The van der Waals surface area contributed by atoms with Crippen molar-refractivity contribution in [3.8, 4) is 5.75 Å². The number of piperidine rings is 1. The molecule has 2 fully saturated rings. The van der Waals surface area contributed by atoms with E-state index in [9.17, 15) is 9.18 Å². The van der Waals surface area contributed by atoms with Crippen LogP contribution in [0.25, 0.3) is 0 Å². The minimum Gasteiger partial charge on any atom is -0.494 e. The van der Waals surface area contributed by atoms with Crippen molar-refractivity contribution in [2.45, 2.75) is 32.1 Å². The molecule has 32 heavy (non-hydrogen) atoms. The van der Waals surface area contributed by atoms with Gasteiger partial charge in [0.15, 0.2) is 0 Å². The summed E-state index contributed by atoms with van der Waals surface area (Å²) >= 11 is 0. The number of carbonyl (C=O) groups is 1. The van der Waals surface area contributed by atoms with E-state index in [0.29, 0.717) is 18.7 Å². The second kappa shape index (κ2) is 11.3. The van der Waals surface area contributed by atoms with Crippen LogP contribution in [-0.4, -0.2) is 68.1 Å². The molecular formula is C26H34FN3O2. The van der Waals surface area contributed by atoms with E-state index >= 15 is 0 Å². The summed E-state index contributed by atoms with van der Waals surface area (Å²) in [6, 6.07) is 14.1. The fourth-order valence-electron chi connectivity index (χ4n) is 4.57. The van der Waals surface area contributed by atoms with Crippen molar-refractivity contribution >= 4 is 11.6 Å². The molecule has 2 aliphatic rings. The first-order valence-corrected chi connectivity index (χ1v) is 11.9. The lowest BCUT2D eigenvalue weighted by Gasteiger charge is -2.26. The molecule has 0 aliphatic carbocycles. The van der Waals surface area contributed by atoms with Crippen LogP contribution >= 0.6 is 0 Å². The minimum absolute atomic E-state index is 0.0276. The standard InChI is InChI=1S/C26H34FN3O2/c27-23-8-6-22(7-9-23)26(31)30-18-4-17-29(19-20-30)24-10-12-25(13-11-24)32-21-5-16-28-14-2-1-3-15-28/h6-13H,1-5,14-21H2. The molecule has 6 heteroatoms. The molecule has 0 atom stereocenters. The number of rotatable bonds is 7. The number of hydrogen-bond acceptors (Lipinski definition) is 4. The van der Waals surface area contributed by atoms with E-state index in [1.807, 2.05) is 17.0 Å². The van der Waals surface area contributed by atoms with Crippen LogP contribution in [0.5, 0.6) is 5.75 Å². The molecule has 1 amide bonds. The minimum atomic E-state index is -0.321. The van der Waals surface area contributed by atoms with E-state index in [2.05, 4.69) is 21.9 Å². The fraction of sp³-hybridized carbons (Fsp3) is 0.500. The molecule has 0 aromatic heterocycles. The Balaban J connectivity index is 1.23. The zero-order valence-electron chi connectivity index (χ0n) is 18.8. The number of ether oxygens (including phenoxy) is 1. The van der Waals surface area contributed by atoms with Crippen molar-refractivity contribution in [1.29, 1.82) is 0 Å². The van der Waals surface area contributed by atoms with Crippen molar-refractivity contribution in [2.75, 3.05) is 57.3 Å². The predicted molar refractivity (Wildman–Crippen MR) is 126 cm³/mol. The first-order valence-electron chi connectivity index (χ1n) is 11.9. The van der Waals surface area contributed by atoms with Gasteiger partial charge in [0.1, 0.15) is 11.6 Å². The van der Waals surface area contributed by atoms with Crippen LogP contribution in [0.2, 0.25) is 0 Å². The lowest BCUT2D eigenvalue weighted by atomic mass is 10.1. The molecule has 0 radical (unpaired) electrons. The van der Waals surface area contributed by atoms with Gasteiger partial charge >= 0.3 is 0 Å². The van der Waals surface area contributed by atoms with Gasteiger partial charge in [0, 0.05) is 44.0 Å². The zero-order chi connectivity index (χ0) is 22.2. The maximum Gasteiger partial charge on any atom is 0.253 e. The third-order valence-corrected chi connectivity index (χ3v) is 6.41. The highest BCUT2D eigenvalue weighted by Crippen LogP contribution is 2.22. The maximum atomic E-state index is 13.1. The zero-order valence-corrected chi connectivity index (χ0v) is 18.8. The molecule has 2 saturated heterocycles. The second-order valence-electron chi connectivity index (χ2n) is 8.74. The van der Waals surface area contributed by atoms with Crippen LogP contribution in [0, 0.1) is 5.82 Å². The number of benzene rings is 2. The van der Waals surface area contributed by atoms with Crippen LogP contribution < -0.4 is 9.64 Å². The molecule has 0 bridgehead atoms. The molecule has 5 nitrogen and oxygen atoms in total. The van der Waals surface area contributed by atoms with Crippen LogP contribution in [0.3, 0.4) is 0 Å². The highest BCUT2D eigenvalue weighted by molar-refractivity contribution is 5.94. The maximum absolute atomic E-state index is 13.1. The molecule has 2 aromatic rings. The van der Waals surface area contributed by atoms with Gasteiger partial charge in [-0.2, -0.15) is 0 Å². The largest absolute Gasteiger partial charge is 0.494 e. The number of likely N-dealkylation sites (tertiary alicyclic amines) is 1. The first-order chi connectivity index (χ1) is 15.7. The number of hydrogen-bond donors (Lipinski definition) is 0. The topological polar surface area (TPSA) is 36.0 Å². The van der Waals surface area contributed by atoms with Crippen LogP contribution in [0.4, 0.5) is 10.1 Å². The molecule has 4 rings (SSSR count). The fourth-order valence-corrected chi connectivity index (χ4v) is 4.57. The number of halogens is 1. The Kier molecular flexibility index (Phi) is 7.99. The van der Waals surface area contributed by atoms with Crippen molar-refractivity contribution in [1.82, 2.24) is 9.80 Å². The summed E-state index contributed by atoms with van der Waals surface area (Å²) in [6.45, 7) is 7.40. The predicted octanol–water partition coefficient (Wildman–Crippen LogP) is 4.43. The van der Waals surface area contributed by atoms with E-state index in [1.165, 1.54) is 44.5 Å². The van der Waals surface area contributed by atoms with E-state index in [1.54, 1.807) is 12.1 Å². The Morgan fingerprint density at radius 2 is 1.56 bits per heavy atom. The Hall–Kier alpha value is -2.60. The normalized spacial score (nSPS) is 17.8. The summed E-state index contributed by atoms with van der Waals surface area (Å²) in [4.78, 5) is 19.5.